The Bertz CT molecular complexity index is 1140. The normalized spacial score (nSPS) is 17.5. The van der Waals surface area contributed by atoms with Gasteiger partial charge in [-0.2, -0.15) is 11.8 Å². The number of nitrogens with two attached hydrogens (primary N) is 2. The van der Waals surface area contributed by atoms with Gasteiger partial charge in [0.25, 0.3) is 0 Å². The number of para-hydroxylation sites is 1. The SMILES string of the molecule is CSCCC(NC(=O)C(N)CCCCN)C(=O)N1CCCC1C(=O)NC(Cc1c[nH]c2ccccc12)C(=O)O. The Morgan fingerprint density at radius 3 is 2.64 bits per heavy atom. The summed E-state index contributed by atoms with van der Waals surface area (Å²) in [6, 6.07) is 4.01. The van der Waals surface area contributed by atoms with Crippen molar-refractivity contribution in [1.82, 2.24) is 20.5 Å². The van der Waals surface area contributed by atoms with E-state index in [1.54, 1.807) is 18.0 Å². The van der Waals surface area contributed by atoms with Crippen molar-refractivity contribution in [2.24, 2.45) is 11.5 Å². The number of aromatic nitrogens is 1. The number of thioether (sulfide) groups is 1. The van der Waals surface area contributed by atoms with Gasteiger partial charge in [-0.15, -0.1) is 0 Å². The van der Waals surface area contributed by atoms with E-state index in [-0.39, 0.29) is 12.3 Å². The zero-order valence-corrected chi connectivity index (χ0v) is 23.2. The quantitative estimate of drug-likeness (QED) is 0.174. The number of benzene rings is 1. The highest BCUT2D eigenvalue weighted by Crippen LogP contribution is 2.22. The average molecular weight is 561 g/mol. The fraction of sp³-hybridized carbons (Fsp3) is 0.556. The summed E-state index contributed by atoms with van der Waals surface area (Å²) in [5, 5.41) is 16.2. The first-order valence-corrected chi connectivity index (χ1v) is 14.8. The first-order valence-electron chi connectivity index (χ1n) is 13.4. The summed E-state index contributed by atoms with van der Waals surface area (Å²) in [4.78, 5) is 56.2. The number of carbonyl (C=O) groups excluding carboxylic acids is 3. The molecule has 39 heavy (non-hydrogen) atoms. The number of fused-ring (bicyclic) bond motifs is 1. The molecule has 1 fully saturated rings. The monoisotopic (exact) mass is 560 g/mol. The third-order valence-electron chi connectivity index (χ3n) is 7.08. The molecule has 214 valence electrons. The average Bonchev–Trinajstić information content (AvgIpc) is 3.58. The van der Waals surface area contributed by atoms with Crippen LogP contribution < -0.4 is 22.1 Å². The first kappa shape index (κ1) is 30.5. The van der Waals surface area contributed by atoms with E-state index in [9.17, 15) is 24.3 Å². The maximum atomic E-state index is 13.6. The van der Waals surface area contributed by atoms with Crippen LogP contribution in [0.25, 0.3) is 10.9 Å². The van der Waals surface area contributed by atoms with Crippen LogP contribution >= 0.6 is 11.8 Å². The Morgan fingerprint density at radius 2 is 1.92 bits per heavy atom. The first-order chi connectivity index (χ1) is 18.8. The number of nitrogens with one attached hydrogen (secondary N) is 3. The number of hydrogen-bond donors (Lipinski definition) is 6. The molecular weight excluding hydrogens is 520 g/mol. The maximum absolute atomic E-state index is 13.6. The molecule has 4 unspecified atom stereocenters. The van der Waals surface area contributed by atoms with Crippen LogP contribution in [0.3, 0.4) is 0 Å². The van der Waals surface area contributed by atoms with Crippen LogP contribution in [-0.4, -0.2) is 87.9 Å². The van der Waals surface area contributed by atoms with E-state index in [1.807, 2.05) is 30.5 Å². The summed E-state index contributed by atoms with van der Waals surface area (Å²) < 4.78 is 0. The molecule has 0 aliphatic carbocycles. The lowest BCUT2D eigenvalue weighted by atomic mass is 10.0. The Kier molecular flexibility index (Phi) is 11.6. The molecule has 1 aromatic carbocycles. The molecule has 1 saturated heterocycles. The lowest BCUT2D eigenvalue weighted by Crippen LogP contribution is -2.57. The van der Waals surface area contributed by atoms with Gasteiger partial charge >= 0.3 is 5.97 Å². The number of hydrogen-bond acceptors (Lipinski definition) is 7. The minimum Gasteiger partial charge on any atom is -0.480 e. The largest absolute Gasteiger partial charge is 0.480 e. The highest BCUT2D eigenvalue weighted by Gasteiger charge is 2.39. The van der Waals surface area contributed by atoms with E-state index in [1.165, 1.54) is 4.90 Å². The lowest BCUT2D eigenvalue weighted by molar-refractivity contribution is -0.144. The van der Waals surface area contributed by atoms with Gasteiger partial charge in [0.1, 0.15) is 18.1 Å². The minimum atomic E-state index is -1.16. The summed E-state index contributed by atoms with van der Waals surface area (Å²) in [6.07, 6.45) is 7.11. The molecule has 2 heterocycles. The fourth-order valence-electron chi connectivity index (χ4n) is 4.90. The number of carbonyl (C=O) groups is 4. The highest BCUT2D eigenvalue weighted by molar-refractivity contribution is 7.98. The number of aliphatic carboxylic acids is 1. The van der Waals surface area contributed by atoms with Gasteiger partial charge in [0, 0.05) is 30.1 Å². The van der Waals surface area contributed by atoms with Crippen molar-refractivity contribution in [3.63, 3.8) is 0 Å². The molecule has 0 spiro atoms. The molecule has 11 nitrogen and oxygen atoms in total. The summed E-state index contributed by atoms with van der Waals surface area (Å²) in [5.74, 6) is -1.79. The molecule has 12 heteroatoms. The van der Waals surface area contributed by atoms with Crippen molar-refractivity contribution in [1.29, 1.82) is 0 Å². The smallest absolute Gasteiger partial charge is 0.326 e. The number of carboxylic acid groups (broad SMARTS) is 1. The van der Waals surface area contributed by atoms with Gasteiger partial charge < -0.3 is 37.1 Å². The number of H-pyrrole nitrogens is 1. The summed E-state index contributed by atoms with van der Waals surface area (Å²) in [7, 11) is 0. The standard InChI is InChI=1S/C27H40N6O5S/c1-39-14-11-21(31-24(34)19(29)8-4-5-12-28)26(36)33-13-6-10-23(33)25(35)32-22(27(37)38)15-17-16-30-20-9-3-2-7-18(17)20/h2-3,7,9,16,19,21-23,30H,4-6,8,10-15,28-29H2,1H3,(H,31,34)(H,32,35)(H,37,38). The molecule has 0 saturated carbocycles. The molecule has 4 atom stereocenters. The Morgan fingerprint density at radius 1 is 1.15 bits per heavy atom. The van der Waals surface area contributed by atoms with E-state index in [0.29, 0.717) is 50.9 Å². The topological polar surface area (TPSA) is 184 Å². The van der Waals surface area contributed by atoms with Crippen LogP contribution in [0.4, 0.5) is 0 Å². The Labute approximate surface area is 232 Å². The molecule has 8 N–H and O–H groups in total. The van der Waals surface area contributed by atoms with Crippen molar-refractivity contribution in [2.75, 3.05) is 25.1 Å². The zero-order valence-electron chi connectivity index (χ0n) is 22.4. The molecule has 0 radical (unpaired) electrons. The molecule has 3 amide bonds. The van der Waals surface area contributed by atoms with E-state index in [0.717, 1.165) is 22.9 Å². The summed E-state index contributed by atoms with van der Waals surface area (Å²) in [5.41, 5.74) is 13.2. The van der Waals surface area contributed by atoms with Crippen LogP contribution in [0, 0.1) is 0 Å². The number of rotatable bonds is 15. The van der Waals surface area contributed by atoms with Crippen LogP contribution in [0.2, 0.25) is 0 Å². The van der Waals surface area contributed by atoms with Crippen LogP contribution in [0.5, 0.6) is 0 Å². The molecule has 3 rings (SSSR count). The highest BCUT2D eigenvalue weighted by atomic mass is 32.2. The second-order valence-electron chi connectivity index (χ2n) is 9.89. The Hall–Kier alpha value is -3.09. The second-order valence-corrected chi connectivity index (χ2v) is 10.9. The third-order valence-corrected chi connectivity index (χ3v) is 7.73. The van der Waals surface area contributed by atoms with E-state index in [4.69, 9.17) is 11.5 Å². The van der Waals surface area contributed by atoms with Crippen LogP contribution in [0.15, 0.2) is 30.5 Å². The number of amides is 3. The van der Waals surface area contributed by atoms with Gasteiger partial charge in [-0.05, 0) is 62.3 Å². The zero-order chi connectivity index (χ0) is 28.4. The van der Waals surface area contributed by atoms with E-state index < -0.39 is 42.0 Å². The third kappa shape index (κ3) is 8.20. The predicted octanol–water partition coefficient (Wildman–Crippen LogP) is 0.965. The van der Waals surface area contributed by atoms with Crippen molar-refractivity contribution in [2.45, 2.75) is 69.1 Å². The number of nitrogens with zero attached hydrogens (tertiary/aromatic N) is 1. The molecular formula is C27H40N6O5S. The van der Waals surface area contributed by atoms with Crippen molar-refractivity contribution in [3.05, 3.63) is 36.0 Å². The molecule has 1 aliphatic heterocycles. The van der Waals surface area contributed by atoms with E-state index in [2.05, 4.69) is 15.6 Å². The second kappa shape index (κ2) is 14.9. The number of unbranched alkanes of at least 4 members (excludes halogenated alkanes) is 1. The van der Waals surface area contributed by atoms with Gasteiger partial charge in [-0.25, -0.2) is 4.79 Å². The number of carboxylic acids is 1. The molecule has 1 aliphatic rings. The van der Waals surface area contributed by atoms with Crippen molar-refractivity contribution < 1.29 is 24.3 Å². The van der Waals surface area contributed by atoms with Gasteiger partial charge in [0.05, 0.1) is 6.04 Å². The lowest BCUT2D eigenvalue weighted by Gasteiger charge is -2.30. The van der Waals surface area contributed by atoms with Gasteiger partial charge in [-0.1, -0.05) is 24.6 Å². The van der Waals surface area contributed by atoms with Crippen LogP contribution in [0.1, 0.15) is 44.1 Å². The fourth-order valence-corrected chi connectivity index (χ4v) is 5.37. The summed E-state index contributed by atoms with van der Waals surface area (Å²) >= 11 is 1.55. The van der Waals surface area contributed by atoms with Crippen molar-refractivity contribution in [3.8, 4) is 0 Å². The molecule has 0 bridgehead atoms. The Balaban J connectivity index is 1.68. The van der Waals surface area contributed by atoms with Crippen molar-refractivity contribution >= 4 is 46.4 Å². The number of likely N-dealkylation sites (tertiary alicyclic amines) is 1. The van der Waals surface area contributed by atoms with E-state index >= 15 is 0 Å². The van der Waals surface area contributed by atoms with Crippen LogP contribution in [-0.2, 0) is 25.6 Å². The maximum Gasteiger partial charge on any atom is 0.326 e. The number of aromatic amines is 1. The predicted molar refractivity (Wildman–Crippen MR) is 152 cm³/mol. The summed E-state index contributed by atoms with van der Waals surface area (Å²) in [6.45, 7) is 0.872. The van der Waals surface area contributed by atoms with Gasteiger partial charge in [0.2, 0.25) is 17.7 Å². The van der Waals surface area contributed by atoms with Gasteiger partial charge in [-0.3, -0.25) is 14.4 Å². The molecule has 2 aromatic rings. The van der Waals surface area contributed by atoms with Gasteiger partial charge in [0.15, 0.2) is 0 Å². The molecule has 1 aromatic heterocycles. The minimum absolute atomic E-state index is 0.0974.